The Hall–Kier alpha value is -1.96. The summed E-state index contributed by atoms with van der Waals surface area (Å²) in [7, 11) is 0. The molecular weight excluding hydrogens is 200 g/mol. The molecule has 16 heavy (non-hydrogen) atoms. The molecule has 0 atom stereocenters. The van der Waals surface area contributed by atoms with E-state index in [1.54, 1.807) is 0 Å². The first-order valence-corrected chi connectivity index (χ1v) is 5.13. The monoisotopic (exact) mass is 214 g/mol. The zero-order valence-corrected chi connectivity index (χ0v) is 9.32. The number of allylic oxidation sites excluding steroid dienone is 4. The van der Waals surface area contributed by atoms with E-state index in [1.165, 1.54) is 0 Å². The highest BCUT2D eigenvalue weighted by molar-refractivity contribution is 5.80. The summed E-state index contributed by atoms with van der Waals surface area (Å²) in [6.45, 7) is 10.2. The number of fused-ring (bicyclic) bond motifs is 1. The molecule has 2 nitrogen and oxygen atoms in total. The van der Waals surface area contributed by atoms with Gasteiger partial charge in [0.2, 0.25) is 6.79 Å². The lowest BCUT2D eigenvalue weighted by atomic mass is 10.00. The van der Waals surface area contributed by atoms with Crippen molar-refractivity contribution in [2.45, 2.75) is 6.92 Å². The molecule has 0 bridgehead atoms. The third-order valence-corrected chi connectivity index (χ3v) is 2.48. The van der Waals surface area contributed by atoms with Crippen LogP contribution in [0.5, 0.6) is 11.5 Å². The first-order valence-electron chi connectivity index (χ1n) is 5.13. The molecule has 0 N–H and O–H groups in total. The van der Waals surface area contributed by atoms with Gasteiger partial charge in [-0.3, -0.25) is 0 Å². The molecule has 0 radical (unpaired) electrons. The summed E-state index contributed by atoms with van der Waals surface area (Å²) in [6.07, 6.45) is 3.88. The number of rotatable bonds is 3. The first-order chi connectivity index (χ1) is 7.72. The largest absolute Gasteiger partial charge is 0.454 e. The Balaban J connectivity index is 2.28. The van der Waals surface area contributed by atoms with Crippen LogP contribution in [0.3, 0.4) is 0 Å². The molecule has 1 aliphatic heterocycles. The van der Waals surface area contributed by atoms with E-state index in [0.29, 0.717) is 6.79 Å². The Morgan fingerprint density at radius 2 is 2.00 bits per heavy atom. The van der Waals surface area contributed by atoms with Crippen LogP contribution >= 0.6 is 0 Å². The van der Waals surface area contributed by atoms with Gasteiger partial charge in [-0.25, -0.2) is 0 Å². The maximum absolute atomic E-state index is 5.32. The van der Waals surface area contributed by atoms with Gasteiger partial charge in [-0.1, -0.05) is 31.4 Å². The van der Waals surface area contributed by atoms with E-state index in [1.807, 2.05) is 37.3 Å². The highest BCUT2D eigenvalue weighted by Crippen LogP contribution is 2.35. The highest BCUT2D eigenvalue weighted by atomic mass is 16.7. The summed E-state index contributed by atoms with van der Waals surface area (Å²) in [4.78, 5) is 0. The Kier molecular flexibility index (Phi) is 2.82. The third-order valence-electron chi connectivity index (χ3n) is 2.48. The average Bonchev–Trinajstić information content (AvgIpc) is 2.75. The number of hydrogen-bond donors (Lipinski definition) is 0. The van der Waals surface area contributed by atoms with Crippen molar-refractivity contribution < 1.29 is 9.47 Å². The third kappa shape index (κ3) is 1.87. The normalized spacial score (nSPS) is 13.1. The Labute approximate surface area is 95.5 Å². The minimum absolute atomic E-state index is 0.293. The van der Waals surface area contributed by atoms with Gasteiger partial charge < -0.3 is 9.47 Å². The van der Waals surface area contributed by atoms with Gasteiger partial charge in [0.05, 0.1) is 0 Å². The molecule has 1 aromatic carbocycles. The fourth-order valence-corrected chi connectivity index (χ4v) is 1.57. The zero-order chi connectivity index (χ0) is 11.5. The van der Waals surface area contributed by atoms with Crippen LogP contribution < -0.4 is 9.47 Å². The van der Waals surface area contributed by atoms with Gasteiger partial charge in [0.1, 0.15) is 0 Å². The van der Waals surface area contributed by atoms with Crippen LogP contribution in [0, 0.1) is 0 Å². The predicted octanol–water partition coefficient (Wildman–Crippen LogP) is 3.56. The molecule has 1 aromatic rings. The van der Waals surface area contributed by atoms with Crippen molar-refractivity contribution in [3.8, 4) is 11.5 Å². The standard InChI is InChI=1S/C14H14O2/c1-4-5-10(2)11(3)12-6-7-13-14(8-12)16-9-15-13/h4-8H,2-3,9H2,1H3/b5-4-. The molecule has 0 unspecified atom stereocenters. The summed E-state index contributed by atoms with van der Waals surface area (Å²) < 4.78 is 10.6. The Morgan fingerprint density at radius 1 is 1.25 bits per heavy atom. The molecule has 2 heteroatoms. The van der Waals surface area contributed by atoms with Gasteiger partial charge in [0.25, 0.3) is 0 Å². The summed E-state index contributed by atoms with van der Waals surface area (Å²) in [5.41, 5.74) is 2.81. The molecule has 0 saturated carbocycles. The highest BCUT2D eigenvalue weighted by Gasteiger charge is 2.14. The van der Waals surface area contributed by atoms with E-state index in [9.17, 15) is 0 Å². The van der Waals surface area contributed by atoms with Crippen LogP contribution in [-0.4, -0.2) is 6.79 Å². The molecule has 0 aromatic heterocycles. The fourth-order valence-electron chi connectivity index (χ4n) is 1.57. The first kappa shape index (κ1) is 10.6. The van der Waals surface area contributed by atoms with Gasteiger partial charge in [0, 0.05) is 0 Å². The summed E-state index contributed by atoms with van der Waals surface area (Å²) >= 11 is 0. The molecule has 1 heterocycles. The second-order valence-corrected chi connectivity index (χ2v) is 3.57. The average molecular weight is 214 g/mol. The molecular formula is C14H14O2. The zero-order valence-electron chi connectivity index (χ0n) is 9.32. The Bertz CT molecular complexity index is 470. The van der Waals surface area contributed by atoms with Gasteiger partial charge in [-0.05, 0) is 35.8 Å². The molecule has 0 saturated heterocycles. The van der Waals surface area contributed by atoms with Crippen molar-refractivity contribution in [3.05, 3.63) is 54.6 Å². The molecule has 0 amide bonds. The summed E-state index contributed by atoms with van der Waals surface area (Å²) in [5, 5.41) is 0. The van der Waals surface area contributed by atoms with Crippen molar-refractivity contribution in [1.29, 1.82) is 0 Å². The molecule has 1 aliphatic rings. The predicted molar refractivity (Wildman–Crippen MR) is 65.6 cm³/mol. The lowest BCUT2D eigenvalue weighted by Gasteiger charge is -2.06. The van der Waals surface area contributed by atoms with Crippen LogP contribution in [-0.2, 0) is 0 Å². The van der Waals surface area contributed by atoms with Crippen molar-refractivity contribution in [2.75, 3.05) is 6.79 Å². The topological polar surface area (TPSA) is 18.5 Å². The van der Waals surface area contributed by atoms with Crippen LogP contribution in [0.2, 0.25) is 0 Å². The maximum atomic E-state index is 5.32. The Morgan fingerprint density at radius 3 is 2.75 bits per heavy atom. The summed E-state index contributed by atoms with van der Waals surface area (Å²) in [5.74, 6) is 1.56. The van der Waals surface area contributed by atoms with Crippen molar-refractivity contribution in [2.24, 2.45) is 0 Å². The molecule has 82 valence electrons. The SMILES string of the molecule is C=C(/C=C\C)C(=C)c1ccc2c(c1)OCO2. The van der Waals surface area contributed by atoms with Gasteiger partial charge in [-0.2, -0.15) is 0 Å². The number of benzene rings is 1. The fraction of sp³-hybridized carbons (Fsp3) is 0.143. The quantitative estimate of drug-likeness (QED) is 0.716. The van der Waals surface area contributed by atoms with Crippen LogP contribution in [0.15, 0.2) is 49.1 Å². The van der Waals surface area contributed by atoms with E-state index in [4.69, 9.17) is 9.47 Å². The summed E-state index contributed by atoms with van der Waals surface area (Å²) in [6, 6.07) is 5.79. The molecule has 0 fully saturated rings. The smallest absolute Gasteiger partial charge is 0.231 e. The van der Waals surface area contributed by atoms with Gasteiger partial charge >= 0.3 is 0 Å². The minimum atomic E-state index is 0.293. The van der Waals surface area contributed by atoms with Crippen molar-refractivity contribution in [1.82, 2.24) is 0 Å². The van der Waals surface area contributed by atoms with Crippen LogP contribution in [0.25, 0.3) is 5.57 Å². The van der Waals surface area contributed by atoms with E-state index in [-0.39, 0.29) is 0 Å². The second kappa shape index (κ2) is 4.27. The van der Waals surface area contributed by atoms with Crippen molar-refractivity contribution in [3.63, 3.8) is 0 Å². The van der Waals surface area contributed by atoms with Crippen LogP contribution in [0.1, 0.15) is 12.5 Å². The number of hydrogen-bond acceptors (Lipinski definition) is 2. The number of ether oxygens (including phenoxy) is 2. The van der Waals surface area contributed by atoms with E-state index < -0.39 is 0 Å². The van der Waals surface area contributed by atoms with Gasteiger partial charge in [-0.15, -0.1) is 0 Å². The van der Waals surface area contributed by atoms with E-state index >= 15 is 0 Å². The van der Waals surface area contributed by atoms with Gasteiger partial charge in [0.15, 0.2) is 11.5 Å². The van der Waals surface area contributed by atoms with Crippen molar-refractivity contribution >= 4 is 5.57 Å². The second-order valence-electron chi connectivity index (χ2n) is 3.57. The maximum Gasteiger partial charge on any atom is 0.231 e. The molecule has 0 spiro atoms. The minimum Gasteiger partial charge on any atom is -0.454 e. The lowest BCUT2D eigenvalue weighted by Crippen LogP contribution is -1.92. The lowest BCUT2D eigenvalue weighted by molar-refractivity contribution is 0.174. The van der Waals surface area contributed by atoms with E-state index in [2.05, 4.69) is 13.2 Å². The molecule has 2 rings (SSSR count). The van der Waals surface area contributed by atoms with E-state index in [0.717, 1.165) is 28.2 Å². The van der Waals surface area contributed by atoms with Crippen LogP contribution in [0.4, 0.5) is 0 Å². The molecule has 0 aliphatic carbocycles.